The molecule has 0 unspecified atom stereocenters. The van der Waals surface area contributed by atoms with Gasteiger partial charge in [0.25, 0.3) is 0 Å². The molecular weight excluding hydrogens is 686 g/mol. The number of amides is 1. The Morgan fingerprint density at radius 2 is 1.09 bits per heavy atom. The number of allylic oxidation sites excluding steroid dienone is 3. The molecule has 1 aliphatic heterocycles. The molecule has 0 aliphatic carbocycles. The molecule has 7 N–H and O–H groups in total. The Morgan fingerprint density at radius 3 is 1.61 bits per heavy atom. The average molecular weight is 770 g/mol. The van der Waals surface area contributed by atoms with Crippen LogP contribution in [0.4, 0.5) is 0 Å². The standard InChI is InChI=1S/C44H83NO9/c1-3-5-7-9-11-13-15-17-18-19-21-23-25-27-29-31-33-38(48)43(52)45-36(35-53-44-42(51)41(50)40(49)39(34-46)54-44)37(47)32-30-28-26-24-22-20-16-14-12-10-8-6-4-2/h22,24,30,32,36-42,44,46-51H,3-21,23,25-29,31,33-35H2,1-2H3,(H,45,52)/b24-22+,32-30+/t36-,37+,38+,39+,40+,41-,42+,44+/m0/s1. The van der Waals surface area contributed by atoms with Crippen LogP contribution in [0.5, 0.6) is 0 Å². The van der Waals surface area contributed by atoms with Crippen molar-refractivity contribution in [2.24, 2.45) is 0 Å². The van der Waals surface area contributed by atoms with Crippen LogP contribution in [0.2, 0.25) is 0 Å². The third-order valence-corrected chi connectivity index (χ3v) is 10.6. The molecule has 0 bridgehead atoms. The van der Waals surface area contributed by atoms with E-state index >= 15 is 0 Å². The zero-order valence-corrected chi connectivity index (χ0v) is 34.3. The number of nitrogens with one attached hydrogen (secondary N) is 1. The van der Waals surface area contributed by atoms with Crippen molar-refractivity contribution in [2.45, 2.75) is 236 Å². The van der Waals surface area contributed by atoms with Crippen LogP contribution in [0, 0.1) is 0 Å². The highest BCUT2D eigenvalue weighted by atomic mass is 16.7. The summed E-state index contributed by atoms with van der Waals surface area (Å²) in [6, 6.07) is -0.991. The summed E-state index contributed by atoms with van der Waals surface area (Å²) >= 11 is 0. The number of aliphatic hydroxyl groups is 6. The van der Waals surface area contributed by atoms with Crippen LogP contribution in [0.15, 0.2) is 24.3 Å². The number of hydrogen-bond donors (Lipinski definition) is 7. The van der Waals surface area contributed by atoms with Gasteiger partial charge in [0.2, 0.25) is 5.91 Å². The van der Waals surface area contributed by atoms with Crippen molar-refractivity contribution in [1.82, 2.24) is 5.32 Å². The number of rotatable bonds is 36. The number of ether oxygens (including phenoxy) is 2. The Bertz CT molecular complexity index is 916. The molecule has 1 fully saturated rings. The van der Waals surface area contributed by atoms with E-state index in [2.05, 4.69) is 31.3 Å². The van der Waals surface area contributed by atoms with E-state index in [0.29, 0.717) is 19.3 Å². The highest BCUT2D eigenvalue weighted by Gasteiger charge is 2.44. The van der Waals surface area contributed by atoms with Crippen LogP contribution in [0.1, 0.15) is 187 Å². The van der Waals surface area contributed by atoms with Crippen molar-refractivity contribution in [3.63, 3.8) is 0 Å². The smallest absolute Gasteiger partial charge is 0.249 e. The molecule has 10 nitrogen and oxygen atoms in total. The van der Waals surface area contributed by atoms with Crippen LogP contribution in [0.25, 0.3) is 0 Å². The normalized spacial score (nSPS) is 22.3. The van der Waals surface area contributed by atoms with Crippen molar-refractivity contribution in [2.75, 3.05) is 13.2 Å². The molecule has 0 spiro atoms. The van der Waals surface area contributed by atoms with Gasteiger partial charge < -0.3 is 45.4 Å². The second-order valence-electron chi connectivity index (χ2n) is 15.6. The van der Waals surface area contributed by atoms with E-state index in [4.69, 9.17) is 9.47 Å². The van der Waals surface area contributed by atoms with Gasteiger partial charge in [-0.1, -0.05) is 179 Å². The summed E-state index contributed by atoms with van der Waals surface area (Å²) in [6.07, 6.45) is 29.8. The first-order valence-corrected chi connectivity index (χ1v) is 22.2. The molecule has 0 aromatic heterocycles. The molecule has 1 amide bonds. The minimum atomic E-state index is -1.61. The molecule has 54 heavy (non-hydrogen) atoms. The molecular formula is C44H83NO9. The highest BCUT2D eigenvalue weighted by molar-refractivity contribution is 5.80. The Morgan fingerprint density at radius 1 is 0.630 bits per heavy atom. The highest BCUT2D eigenvalue weighted by Crippen LogP contribution is 2.22. The molecule has 8 atom stereocenters. The monoisotopic (exact) mass is 770 g/mol. The predicted molar refractivity (Wildman–Crippen MR) is 218 cm³/mol. The third-order valence-electron chi connectivity index (χ3n) is 10.6. The fourth-order valence-electron chi connectivity index (χ4n) is 6.94. The first-order valence-electron chi connectivity index (χ1n) is 22.2. The molecule has 1 rings (SSSR count). The Balaban J connectivity index is 2.45. The molecule has 318 valence electrons. The number of carbonyl (C=O) groups is 1. The zero-order chi connectivity index (χ0) is 39.7. The van der Waals surface area contributed by atoms with E-state index < -0.39 is 61.5 Å². The Kier molecular flexibility index (Phi) is 32.7. The molecule has 0 radical (unpaired) electrons. The van der Waals surface area contributed by atoms with Gasteiger partial charge >= 0.3 is 0 Å². The zero-order valence-electron chi connectivity index (χ0n) is 34.3. The summed E-state index contributed by atoms with van der Waals surface area (Å²) in [5, 5.41) is 64.5. The van der Waals surface area contributed by atoms with Gasteiger partial charge in [0.05, 0.1) is 25.4 Å². The molecule has 0 aromatic carbocycles. The first-order chi connectivity index (χ1) is 26.3. The molecule has 10 heteroatoms. The summed E-state index contributed by atoms with van der Waals surface area (Å²) in [5.41, 5.74) is 0. The Hall–Kier alpha value is -1.37. The maximum absolute atomic E-state index is 13.0. The minimum Gasteiger partial charge on any atom is -0.394 e. The molecule has 1 saturated heterocycles. The van der Waals surface area contributed by atoms with Gasteiger partial charge in [-0.25, -0.2) is 0 Å². The maximum Gasteiger partial charge on any atom is 0.249 e. The van der Waals surface area contributed by atoms with Crippen LogP contribution in [-0.4, -0.2) is 98.7 Å². The summed E-state index contributed by atoms with van der Waals surface area (Å²) in [6.45, 7) is 3.57. The summed E-state index contributed by atoms with van der Waals surface area (Å²) < 4.78 is 11.1. The summed E-state index contributed by atoms with van der Waals surface area (Å²) in [4.78, 5) is 13.0. The van der Waals surface area contributed by atoms with Gasteiger partial charge in [0, 0.05) is 0 Å². The Labute approximate surface area is 329 Å². The molecule has 1 aliphatic rings. The van der Waals surface area contributed by atoms with Gasteiger partial charge in [-0.3, -0.25) is 4.79 Å². The van der Waals surface area contributed by atoms with Crippen LogP contribution < -0.4 is 5.32 Å². The topological polar surface area (TPSA) is 169 Å². The lowest BCUT2D eigenvalue weighted by Gasteiger charge is -2.40. The van der Waals surface area contributed by atoms with Crippen LogP contribution >= 0.6 is 0 Å². The number of aliphatic hydroxyl groups excluding tert-OH is 6. The maximum atomic E-state index is 13.0. The fourth-order valence-corrected chi connectivity index (χ4v) is 6.94. The van der Waals surface area contributed by atoms with Gasteiger partial charge in [0.15, 0.2) is 6.29 Å². The van der Waals surface area contributed by atoms with E-state index in [9.17, 15) is 35.4 Å². The van der Waals surface area contributed by atoms with E-state index in [1.165, 1.54) is 122 Å². The largest absolute Gasteiger partial charge is 0.394 e. The van der Waals surface area contributed by atoms with Crippen molar-refractivity contribution < 1.29 is 44.9 Å². The van der Waals surface area contributed by atoms with E-state index in [-0.39, 0.29) is 6.61 Å². The van der Waals surface area contributed by atoms with E-state index in [1.807, 2.05) is 6.08 Å². The lowest BCUT2D eigenvalue weighted by atomic mass is 9.99. The van der Waals surface area contributed by atoms with Crippen molar-refractivity contribution >= 4 is 5.91 Å². The van der Waals surface area contributed by atoms with E-state index in [1.54, 1.807) is 6.08 Å². The predicted octanol–water partition coefficient (Wildman–Crippen LogP) is 7.69. The number of unbranched alkanes of at least 4 members (excludes halogenated alkanes) is 23. The number of carbonyl (C=O) groups excluding carboxylic acids is 1. The third kappa shape index (κ3) is 25.0. The van der Waals surface area contributed by atoms with Crippen molar-refractivity contribution in [3.05, 3.63) is 24.3 Å². The van der Waals surface area contributed by atoms with Crippen LogP contribution in [0.3, 0.4) is 0 Å². The molecule has 0 aromatic rings. The van der Waals surface area contributed by atoms with Gasteiger partial charge in [-0.2, -0.15) is 0 Å². The average Bonchev–Trinajstić information content (AvgIpc) is 3.17. The fraction of sp³-hybridized carbons (Fsp3) is 0.886. The van der Waals surface area contributed by atoms with Crippen molar-refractivity contribution in [1.29, 1.82) is 0 Å². The SMILES string of the molecule is CCCCCCCCC/C=C/CC/C=C/[C@@H](O)[C@H](CO[C@@H]1O[C@H](CO)[C@@H](O)[C@H](O)[C@H]1O)NC(=O)[C@H](O)CCCCCCCCCCCCCCCCCC. The summed E-state index contributed by atoms with van der Waals surface area (Å²) in [7, 11) is 0. The van der Waals surface area contributed by atoms with Crippen LogP contribution in [-0.2, 0) is 14.3 Å². The quantitative estimate of drug-likeness (QED) is 0.0250. The van der Waals surface area contributed by atoms with E-state index in [0.717, 1.165) is 32.1 Å². The summed E-state index contributed by atoms with van der Waals surface area (Å²) in [5.74, 6) is -0.626. The van der Waals surface area contributed by atoms with Gasteiger partial charge in [0.1, 0.15) is 30.5 Å². The lowest BCUT2D eigenvalue weighted by molar-refractivity contribution is -0.302. The van der Waals surface area contributed by atoms with Gasteiger partial charge in [-0.15, -0.1) is 0 Å². The van der Waals surface area contributed by atoms with Gasteiger partial charge in [-0.05, 0) is 32.1 Å². The second-order valence-corrected chi connectivity index (χ2v) is 15.6. The number of hydrogen-bond acceptors (Lipinski definition) is 9. The lowest BCUT2D eigenvalue weighted by Crippen LogP contribution is -2.60. The second kappa shape index (κ2) is 34.8. The minimum absolute atomic E-state index is 0.307. The van der Waals surface area contributed by atoms with Crippen molar-refractivity contribution in [3.8, 4) is 0 Å². The molecule has 0 saturated carbocycles. The first kappa shape index (κ1) is 50.6. The molecule has 1 heterocycles.